The van der Waals surface area contributed by atoms with E-state index in [-0.39, 0.29) is 11.8 Å². The number of benzene rings is 2. The molecule has 1 aliphatic heterocycles. The van der Waals surface area contributed by atoms with Crippen molar-refractivity contribution in [2.24, 2.45) is 0 Å². The minimum Gasteiger partial charge on any atom is -0.334 e. The predicted octanol–water partition coefficient (Wildman–Crippen LogP) is 6.22. The monoisotopic (exact) mass is 454 g/mol. The first-order valence-corrected chi connectivity index (χ1v) is 11.0. The Kier molecular flexibility index (Phi) is 6.55. The Morgan fingerprint density at radius 3 is 2.53 bits per heavy atom. The molecule has 1 aliphatic rings. The van der Waals surface area contributed by atoms with Crippen LogP contribution in [0.4, 0.5) is 9.18 Å². The van der Waals surface area contributed by atoms with Gasteiger partial charge >= 0.3 is 6.03 Å². The van der Waals surface area contributed by atoms with Gasteiger partial charge in [0, 0.05) is 22.8 Å². The van der Waals surface area contributed by atoms with Crippen LogP contribution < -0.4 is 5.32 Å². The zero-order chi connectivity index (χ0) is 22.7. The normalized spacial score (nSPS) is 16.4. The van der Waals surface area contributed by atoms with Gasteiger partial charge in [-0.2, -0.15) is 4.98 Å². The van der Waals surface area contributed by atoms with Crippen molar-refractivity contribution in [2.45, 2.75) is 39.2 Å². The lowest BCUT2D eigenvalue weighted by atomic mass is 9.94. The topological polar surface area (TPSA) is 71.3 Å². The van der Waals surface area contributed by atoms with Gasteiger partial charge < -0.3 is 9.84 Å². The molecular weight excluding hydrogens is 431 g/mol. The second kappa shape index (κ2) is 9.53. The number of carbonyl (C=O) groups excluding carboxylic acids is 1. The van der Waals surface area contributed by atoms with E-state index in [2.05, 4.69) is 22.4 Å². The molecule has 6 nitrogen and oxygen atoms in total. The van der Waals surface area contributed by atoms with Crippen molar-refractivity contribution in [2.75, 3.05) is 6.54 Å². The molecule has 0 saturated heterocycles. The summed E-state index contributed by atoms with van der Waals surface area (Å²) in [6, 6.07) is 12.6. The Bertz CT molecular complexity index is 1130. The van der Waals surface area contributed by atoms with Crippen LogP contribution in [0, 0.1) is 5.82 Å². The van der Waals surface area contributed by atoms with Gasteiger partial charge in [0.2, 0.25) is 5.82 Å². The highest BCUT2D eigenvalue weighted by Gasteiger charge is 2.35. The summed E-state index contributed by atoms with van der Waals surface area (Å²) < 4.78 is 18.9. The van der Waals surface area contributed by atoms with Crippen LogP contribution in [0.3, 0.4) is 0 Å². The molecule has 0 aliphatic carbocycles. The zero-order valence-corrected chi connectivity index (χ0v) is 18.7. The van der Waals surface area contributed by atoms with E-state index < -0.39 is 6.04 Å². The summed E-state index contributed by atoms with van der Waals surface area (Å²) in [4.78, 5) is 19.2. The number of nitrogens with zero attached hydrogens (tertiary/aromatic N) is 3. The summed E-state index contributed by atoms with van der Waals surface area (Å²) in [5.74, 6) is 0.323. The van der Waals surface area contributed by atoms with Crippen molar-refractivity contribution in [3.63, 3.8) is 0 Å². The fourth-order valence-corrected chi connectivity index (χ4v) is 3.93. The van der Waals surface area contributed by atoms with Crippen LogP contribution in [-0.4, -0.2) is 27.6 Å². The maximum Gasteiger partial charge on any atom is 0.322 e. The Hall–Kier alpha value is -3.19. The quantitative estimate of drug-likeness (QED) is 0.430. The fraction of sp³-hybridized carbons (Fsp3) is 0.292. The molecule has 2 aromatic carbocycles. The molecule has 2 heterocycles. The summed E-state index contributed by atoms with van der Waals surface area (Å²) in [6.45, 7) is 4.61. The second-order valence-corrected chi connectivity index (χ2v) is 8.16. The van der Waals surface area contributed by atoms with Crippen molar-refractivity contribution < 1.29 is 13.7 Å². The van der Waals surface area contributed by atoms with Gasteiger partial charge in [-0.25, -0.2) is 9.18 Å². The summed E-state index contributed by atoms with van der Waals surface area (Å²) in [7, 11) is 0. The van der Waals surface area contributed by atoms with E-state index in [9.17, 15) is 9.18 Å². The number of hydrogen-bond donors (Lipinski definition) is 1. The summed E-state index contributed by atoms with van der Waals surface area (Å²) in [5.41, 5.74) is 2.98. The molecule has 166 valence electrons. The number of rotatable bonds is 7. The number of urea groups is 1. The number of amides is 2. The molecule has 2 amide bonds. The van der Waals surface area contributed by atoms with E-state index in [1.807, 2.05) is 19.1 Å². The lowest BCUT2D eigenvalue weighted by molar-refractivity contribution is 0.204. The molecule has 0 saturated carbocycles. The Morgan fingerprint density at radius 1 is 1.12 bits per heavy atom. The smallest absolute Gasteiger partial charge is 0.322 e. The van der Waals surface area contributed by atoms with Crippen molar-refractivity contribution >= 4 is 23.2 Å². The first-order chi connectivity index (χ1) is 15.5. The van der Waals surface area contributed by atoms with Gasteiger partial charge in [0.05, 0.1) is 11.6 Å². The summed E-state index contributed by atoms with van der Waals surface area (Å²) >= 11 is 6.06. The third-order valence-corrected chi connectivity index (χ3v) is 5.80. The van der Waals surface area contributed by atoms with Crippen LogP contribution in [0.2, 0.25) is 5.02 Å². The SMILES string of the molecule is CCCCCN1C(=O)NC(c2ccc(Cl)cc2)C(c2nc(-c3ccc(F)cc3)no2)=C1C. The van der Waals surface area contributed by atoms with E-state index in [0.717, 1.165) is 36.1 Å². The van der Waals surface area contributed by atoms with Crippen LogP contribution >= 0.6 is 11.6 Å². The molecule has 0 bridgehead atoms. The molecule has 1 atom stereocenters. The standard InChI is InChI=1S/C24H24ClFN4O2/c1-3-4-5-14-30-15(2)20(21(27-24(30)31)16-6-10-18(25)11-7-16)23-28-22(29-32-23)17-8-12-19(26)13-9-17/h6-13,21H,3-5,14H2,1-2H3,(H,27,31). The highest BCUT2D eigenvalue weighted by atomic mass is 35.5. The van der Waals surface area contributed by atoms with Gasteiger partial charge in [0.25, 0.3) is 5.89 Å². The van der Waals surface area contributed by atoms with Gasteiger partial charge in [0.15, 0.2) is 0 Å². The maximum absolute atomic E-state index is 13.3. The largest absolute Gasteiger partial charge is 0.334 e. The van der Waals surface area contributed by atoms with Crippen molar-refractivity contribution in [3.05, 3.63) is 76.5 Å². The van der Waals surface area contributed by atoms with Gasteiger partial charge in [-0.3, -0.25) is 4.90 Å². The van der Waals surface area contributed by atoms with Crippen LogP contribution in [0.1, 0.15) is 50.6 Å². The third-order valence-electron chi connectivity index (χ3n) is 5.54. The number of unbranched alkanes of at least 4 members (excludes halogenated alkanes) is 2. The van der Waals surface area contributed by atoms with E-state index in [1.54, 1.807) is 29.2 Å². The molecule has 4 rings (SSSR count). The van der Waals surface area contributed by atoms with Crippen LogP contribution in [0.5, 0.6) is 0 Å². The lowest BCUT2D eigenvalue weighted by Gasteiger charge is -2.35. The van der Waals surface area contributed by atoms with Gasteiger partial charge in [-0.05, 0) is 55.3 Å². The average Bonchev–Trinajstić information content (AvgIpc) is 3.26. The predicted molar refractivity (Wildman–Crippen MR) is 121 cm³/mol. The lowest BCUT2D eigenvalue weighted by Crippen LogP contribution is -2.46. The molecule has 1 aromatic heterocycles. The molecular formula is C24H24ClFN4O2. The van der Waals surface area contributed by atoms with Crippen LogP contribution in [0.25, 0.3) is 17.0 Å². The van der Waals surface area contributed by atoms with Crippen LogP contribution in [-0.2, 0) is 0 Å². The molecule has 3 aromatic rings. The van der Waals surface area contributed by atoms with E-state index in [4.69, 9.17) is 16.1 Å². The molecule has 32 heavy (non-hydrogen) atoms. The maximum atomic E-state index is 13.3. The molecule has 1 unspecified atom stereocenters. The highest BCUT2D eigenvalue weighted by Crippen LogP contribution is 2.37. The Labute approximate surface area is 191 Å². The second-order valence-electron chi connectivity index (χ2n) is 7.72. The third kappa shape index (κ3) is 4.53. The van der Waals surface area contributed by atoms with E-state index in [0.29, 0.717) is 28.8 Å². The molecule has 0 fully saturated rings. The number of allylic oxidation sites excluding steroid dienone is 1. The Balaban J connectivity index is 1.76. The van der Waals surface area contributed by atoms with Crippen molar-refractivity contribution in [3.8, 4) is 11.4 Å². The number of carbonyl (C=O) groups is 1. The molecule has 0 spiro atoms. The highest BCUT2D eigenvalue weighted by molar-refractivity contribution is 6.30. The number of nitrogens with one attached hydrogen (secondary N) is 1. The number of aromatic nitrogens is 2. The van der Waals surface area contributed by atoms with Gasteiger partial charge in [-0.15, -0.1) is 0 Å². The van der Waals surface area contributed by atoms with Gasteiger partial charge in [-0.1, -0.05) is 48.7 Å². The minimum atomic E-state index is -0.469. The van der Waals surface area contributed by atoms with Crippen molar-refractivity contribution in [1.82, 2.24) is 20.4 Å². The van der Waals surface area contributed by atoms with Crippen LogP contribution in [0.15, 0.2) is 58.8 Å². The average molecular weight is 455 g/mol. The first-order valence-electron chi connectivity index (χ1n) is 10.6. The number of halogens is 2. The van der Waals surface area contributed by atoms with E-state index in [1.165, 1.54) is 12.1 Å². The summed E-state index contributed by atoms with van der Waals surface area (Å²) in [5, 5.41) is 7.77. The van der Waals surface area contributed by atoms with Gasteiger partial charge in [0.1, 0.15) is 5.82 Å². The molecule has 1 N–H and O–H groups in total. The Morgan fingerprint density at radius 2 is 1.84 bits per heavy atom. The minimum absolute atomic E-state index is 0.166. The summed E-state index contributed by atoms with van der Waals surface area (Å²) in [6.07, 6.45) is 2.98. The molecule has 8 heteroatoms. The molecule has 0 radical (unpaired) electrons. The zero-order valence-electron chi connectivity index (χ0n) is 17.9. The number of hydrogen-bond acceptors (Lipinski definition) is 4. The first kappa shape index (κ1) is 22.0. The van der Waals surface area contributed by atoms with E-state index >= 15 is 0 Å². The van der Waals surface area contributed by atoms with Crippen molar-refractivity contribution in [1.29, 1.82) is 0 Å². The fourth-order valence-electron chi connectivity index (χ4n) is 3.80.